The summed E-state index contributed by atoms with van der Waals surface area (Å²) in [5.74, 6) is 1.17. The number of hydrogen-bond acceptors (Lipinski definition) is 5. The third-order valence-electron chi connectivity index (χ3n) is 6.09. The molecule has 164 valence electrons. The maximum atomic E-state index is 6.21. The molecule has 4 aromatic rings. The standard InChI is InChI=1S/C25H26ClN5O/c1-17(27-20-10-6-3-7-11-20)19-12-13-22(21(16-19)18-8-4-2-5-9-18)32-24-15-14-23-28-29-25(26)31(23)30-24/h2,4-5,8-9,12-17,20,27H,3,6-7,10-11H2,1H3. The number of ether oxygens (including phenoxy) is 1. The van der Waals surface area contributed by atoms with Crippen LogP contribution in [0.15, 0.2) is 60.7 Å². The Morgan fingerprint density at radius 3 is 2.62 bits per heavy atom. The molecule has 0 spiro atoms. The van der Waals surface area contributed by atoms with Gasteiger partial charge in [0.15, 0.2) is 5.65 Å². The lowest BCUT2D eigenvalue weighted by atomic mass is 9.93. The summed E-state index contributed by atoms with van der Waals surface area (Å²) < 4.78 is 7.68. The van der Waals surface area contributed by atoms with E-state index in [4.69, 9.17) is 16.3 Å². The maximum Gasteiger partial charge on any atom is 0.246 e. The van der Waals surface area contributed by atoms with Crippen molar-refractivity contribution < 1.29 is 4.74 Å². The van der Waals surface area contributed by atoms with Gasteiger partial charge >= 0.3 is 0 Å². The average molecular weight is 448 g/mol. The molecule has 1 atom stereocenters. The highest BCUT2D eigenvalue weighted by atomic mass is 35.5. The van der Waals surface area contributed by atoms with E-state index >= 15 is 0 Å². The Morgan fingerprint density at radius 2 is 1.81 bits per heavy atom. The van der Waals surface area contributed by atoms with Crippen LogP contribution in [0.25, 0.3) is 16.8 Å². The van der Waals surface area contributed by atoms with Crippen molar-refractivity contribution >= 4 is 17.2 Å². The molecule has 6 nitrogen and oxygen atoms in total. The highest BCUT2D eigenvalue weighted by Gasteiger charge is 2.18. The van der Waals surface area contributed by atoms with E-state index < -0.39 is 0 Å². The summed E-state index contributed by atoms with van der Waals surface area (Å²) in [6.07, 6.45) is 6.52. The maximum absolute atomic E-state index is 6.21. The molecule has 0 radical (unpaired) electrons. The highest BCUT2D eigenvalue weighted by molar-refractivity contribution is 6.28. The van der Waals surface area contributed by atoms with Gasteiger partial charge < -0.3 is 10.1 Å². The summed E-state index contributed by atoms with van der Waals surface area (Å²) in [5.41, 5.74) is 3.94. The molecule has 1 saturated carbocycles. The molecule has 2 aromatic carbocycles. The van der Waals surface area contributed by atoms with Crippen LogP contribution in [0.1, 0.15) is 50.6 Å². The predicted octanol–water partition coefficient (Wildman–Crippen LogP) is 6.22. The third-order valence-corrected chi connectivity index (χ3v) is 6.33. The molecule has 1 aliphatic carbocycles. The number of nitrogens with one attached hydrogen (secondary N) is 1. The van der Waals surface area contributed by atoms with Crippen molar-refractivity contribution in [1.29, 1.82) is 0 Å². The quantitative estimate of drug-likeness (QED) is 0.380. The average Bonchev–Trinajstić information content (AvgIpc) is 3.20. The van der Waals surface area contributed by atoms with Crippen LogP contribution >= 0.6 is 11.6 Å². The van der Waals surface area contributed by atoms with Gasteiger partial charge in [-0.25, -0.2) is 0 Å². The van der Waals surface area contributed by atoms with E-state index in [1.54, 1.807) is 12.1 Å². The minimum Gasteiger partial charge on any atom is -0.437 e. The summed E-state index contributed by atoms with van der Waals surface area (Å²) in [4.78, 5) is 0. The topological polar surface area (TPSA) is 64.3 Å². The molecular formula is C25H26ClN5O. The van der Waals surface area contributed by atoms with Gasteiger partial charge in [0.1, 0.15) is 5.75 Å². The lowest BCUT2D eigenvalue weighted by molar-refractivity contribution is 0.347. The largest absolute Gasteiger partial charge is 0.437 e. The molecule has 2 heterocycles. The summed E-state index contributed by atoms with van der Waals surface area (Å²) in [6.45, 7) is 2.24. The second-order valence-corrected chi connectivity index (χ2v) is 8.70. The van der Waals surface area contributed by atoms with Crippen LogP contribution in [0, 0.1) is 0 Å². The number of halogens is 1. The Morgan fingerprint density at radius 1 is 1.00 bits per heavy atom. The van der Waals surface area contributed by atoms with Gasteiger partial charge in [-0.1, -0.05) is 55.7 Å². The molecule has 32 heavy (non-hydrogen) atoms. The van der Waals surface area contributed by atoms with Crippen LogP contribution in [0.4, 0.5) is 0 Å². The first-order chi connectivity index (χ1) is 15.7. The smallest absolute Gasteiger partial charge is 0.246 e. The van der Waals surface area contributed by atoms with Crippen LogP contribution in [0.5, 0.6) is 11.6 Å². The van der Waals surface area contributed by atoms with Gasteiger partial charge in [0.25, 0.3) is 0 Å². The van der Waals surface area contributed by atoms with Crippen molar-refractivity contribution in [2.24, 2.45) is 0 Å². The van der Waals surface area contributed by atoms with Crippen molar-refractivity contribution in [3.05, 3.63) is 71.5 Å². The lowest BCUT2D eigenvalue weighted by Gasteiger charge is -2.27. The second kappa shape index (κ2) is 9.27. The predicted molar refractivity (Wildman–Crippen MR) is 126 cm³/mol. The van der Waals surface area contributed by atoms with Gasteiger partial charge in [0.2, 0.25) is 11.2 Å². The molecule has 0 saturated heterocycles. The number of nitrogens with zero attached hydrogens (tertiary/aromatic N) is 4. The fourth-order valence-electron chi connectivity index (χ4n) is 4.38. The Balaban J connectivity index is 1.46. The summed E-state index contributed by atoms with van der Waals surface area (Å²) in [5, 5.41) is 16.3. The summed E-state index contributed by atoms with van der Waals surface area (Å²) in [7, 11) is 0. The molecule has 0 bridgehead atoms. The van der Waals surface area contributed by atoms with E-state index in [1.165, 1.54) is 42.2 Å². The number of hydrogen-bond donors (Lipinski definition) is 1. The Kier molecular flexibility index (Phi) is 6.06. The zero-order chi connectivity index (χ0) is 21.9. The van der Waals surface area contributed by atoms with Gasteiger partial charge in [-0.05, 0) is 60.7 Å². The van der Waals surface area contributed by atoms with Crippen LogP contribution in [0.3, 0.4) is 0 Å². The highest BCUT2D eigenvalue weighted by Crippen LogP contribution is 2.35. The zero-order valence-electron chi connectivity index (χ0n) is 18.0. The van der Waals surface area contributed by atoms with Gasteiger partial charge in [-0.3, -0.25) is 0 Å². The Hall–Kier alpha value is -2.96. The molecule has 0 aliphatic heterocycles. The normalized spacial score (nSPS) is 15.7. The Labute approximate surface area is 192 Å². The number of benzene rings is 2. The van der Waals surface area contributed by atoms with Crippen molar-refractivity contribution in [1.82, 2.24) is 25.1 Å². The number of aromatic nitrogens is 4. The van der Waals surface area contributed by atoms with Gasteiger partial charge in [0, 0.05) is 23.7 Å². The molecule has 2 aromatic heterocycles. The SMILES string of the molecule is CC(NC1CCCCC1)c1ccc(Oc2ccc3nnc(Cl)n3n2)c(-c2ccccc2)c1. The fraction of sp³-hybridized carbons (Fsp3) is 0.320. The molecule has 1 N–H and O–H groups in total. The van der Waals surface area contributed by atoms with Crippen molar-refractivity contribution in [3.63, 3.8) is 0 Å². The van der Waals surface area contributed by atoms with Crippen LogP contribution in [0.2, 0.25) is 5.28 Å². The molecule has 1 aliphatic rings. The third kappa shape index (κ3) is 4.47. The molecular weight excluding hydrogens is 422 g/mol. The van der Waals surface area contributed by atoms with Crippen LogP contribution < -0.4 is 10.1 Å². The zero-order valence-corrected chi connectivity index (χ0v) is 18.8. The van der Waals surface area contributed by atoms with E-state index in [9.17, 15) is 0 Å². The van der Waals surface area contributed by atoms with Crippen molar-refractivity contribution in [3.8, 4) is 22.8 Å². The van der Waals surface area contributed by atoms with E-state index in [-0.39, 0.29) is 11.3 Å². The lowest BCUT2D eigenvalue weighted by Crippen LogP contribution is -2.33. The van der Waals surface area contributed by atoms with E-state index in [2.05, 4.69) is 51.8 Å². The minimum atomic E-state index is 0.201. The number of fused-ring (bicyclic) bond motifs is 1. The van der Waals surface area contributed by atoms with E-state index in [1.807, 2.05) is 24.3 Å². The molecule has 7 heteroatoms. The van der Waals surface area contributed by atoms with Gasteiger partial charge in [0.05, 0.1) is 0 Å². The van der Waals surface area contributed by atoms with Crippen LogP contribution in [-0.4, -0.2) is 25.9 Å². The van der Waals surface area contributed by atoms with Gasteiger partial charge in [-0.15, -0.1) is 15.3 Å². The summed E-state index contributed by atoms with van der Waals surface area (Å²) >= 11 is 6.07. The van der Waals surface area contributed by atoms with Crippen molar-refractivity contribution in [2.45, 2.75) is 51.1 Å². The first kappa shape index (κ1) is 20.9. The first-order valence-corrected chi connectivity index (χ1v) is 11.6. The first-order valence-electron chi connectivity index (χ1n) is 11.2. The molecule has 5 rings (SSSR count). The minimum absolute atomic E-state index is 0.201. The molecule has 0 amide bonds. The summed E-state index contributed by atoms with van der Waals surface area (Å²) in [6, 6.07) is 21.1. The Bertz CT molecular complexity index is 1200. The van der Waals surface area contributed by atoms with E-state index in [0.29, 0.717) is 17.6 Å². The van der Waals surface area contributed by atoms with Crippen molar-refractivity contribution in [2.75, 3.05) is 0 Å². The molecule has 1 unspecified atom stereocenters. The van der Waals surface area contributed by atoms with Gasteiger partial charge in [-0.2, -0.15) is 4.52 Å². The second-order valence-electron chi connectivity index (χ2n) is 8.36. The van der Waals surface area contributed by atoms with E-state index in [0.717, 1.165) is 16.9 Å². The van der Waals surface area contributed by atoms with Crippen LogP contribution in [-0.2, 0) is 0 Å². The number of rotatable bonds is 6. The molecule has 1 fully saturated rings. The monoisotopic (exact) mass is 447 g/mol. The fourth-order valence-corrected chi connectivity index (χ4v) is 4.54.